The average molecular weight is 349 g/mol. The van der Waals surface area contributed by atoms with E-state index in [-0.39, 0.29) is 22.2 Å². The molecule has 1 heterocycles. The molecule has 2 rings (SSSR count). The summed E-state index contributed by atoms with van der Waals surface area (Å²) >= 11 is 11.5. The number of amides is 2. The third-order valence-corrected chi connectivity index (χ3v) is 4.42. The molecule has 0 atom stereocenters. The van der Waals surface area contributed by atoms with Crippen LogP contribution in [0.25, 0.3) is 0 Å². The molecule has 0 aliphatic carbocycles. The van der Waals surface area contributed by atoms with Crippen molar-refractivity contribution in [3.8, 4) is 0 Å². The molecule has 1 saturated heterocycles. The molecule has 8 heteroatoms. The Morgan fingerprint density at radius 2 is 1.91 bits per heavy atom. The van der Waals surface area contributed by atoms with Crippen molar-refractivity contribution in [1.29, 1.82) is 0 Å². The van der Waals surface area contributed by atoms with Gasteiger partial charge in [-0.05, 0) is 25.0 Å². The molecule has 5 nitrogen and oxygen atoms in total. The minimum absolute atomic E-state index is 0.0315. The predicted octanol–water partition coefficient (Wildman–Crippen LogP) is 2.14. The largest absolute Gasteiger partial charge is 0.381 e. The average Bonchev–Trinajstić information content (AvgIpc) is 2.49. The highest BCUT2D eigenvalue weighted by Gasteiger charge is 2.38. The summed E-state index contributed by atoms with van der Waals surface area (Å²) in [5, 5.41) is 2.45. The molecule has 0 bridgehead atoms. The molecule has 1 fully saturated rings. The maximum absolute atomic E-state index is 13.5. The van der Waals surface area contributed by atoms with E-state index in [0.717, 1.165) is 12.1 Å². The van der Waals surface area contributed by atoms with Gasteiger partial charge in [-0.3, -0.25) is 9.59 Å². The monoisotopic (exact) mass is 348 g/mol. The van der Waals surface area contributed by atoms with E-state index in [9.17, 15) is 14.0 Å². The van der Waals surface area contributed by atoms with Gasteiger partial charge in [-0.15, -0.1) is 0 Å². The van der Waals surface area contributed by atoms with Gasteiger partial charge >= 0.3 is 0 Å². The molecular formula is C14H15Cl2FN2O3. The van der Waals surface area contributed by atoms with Crippen molar-refractivity contribution in [2.45, 2.75) is 12.8 Å². The van der Waals surface area contributed by atoms with Crippen LogP contribution in [0.1, 0.15) is 23.2 Å². The Hall–Kier alpha value is -1.37. The van der Waals surface area contributed by atoms with Crippen molar-refractivity contribution in [2.75, 3.05) is 19.8 Å². The van der Waals surface area contributed by atoms with Crippen LogP contribution in [0.2, 0.25) is 10.0 Å². The van der Waals surface area contributed by atoms with E-state index in [0.29, 0.717) is 26.1 Å². The lowest BCUT2D eigenvalue weighted by Crippen LogP contribution is -2.49. The number of hydrogen-bond acceptors (Lipinski definition) is 3. The Balaban J connectivity index is 2.12. The molecule has 0 saturated carbocycles. The normalized spacial score (nSPS) is 17.0. The highest BCUT2D eigenvalue weighted by molar-refractivity contribution is 6.36. The van der Waals surface area contributed by atoms with Crippen LogP contribution < -0.4 is 11.1 Å². The summed E-state index contributed by atoms with van der Waals surface area (Å²) in [6.07, 6.45) is 0.844. The second-order valence-electron chi connectivity index (χ2n) is 5.19. The summed E-state index contributed by atoms with van der Waals surface area (Å²) in [5.74, 6) is -1.83. The Morgan fingerprint density at radius 3 is 2.50 bits per heavy atom. The Kier molecular flexibility index (Phi) is 5.26. The first kappa shape index (κ1) is 17.0. The van der Waals surface area contributed by atoms with Gasteiger partial charge in [-0.25, -0.2) is 4.39 Å². The van der Waals surface area contributed by atoms with Crippen LogP contribution >= 0.6 is 23.2 Å². The zero-order chi connectivity index (χ0) is 16.3. The molecule has 0 spiro atoms. The van der Waals surface area contributed by atoms with Crippen LogP contribution in [-0.2, 0) is 9.53 Å². The first-order valence-electron chi connectivity index (χ1n) is 6.66. The summed E-state index contributed by atoms with van der Waals surface area (Å²) in [6, 6.07) is 2.12. The molecule has 0 aromatic heterocycles. The van der Waals surface area contributed by atoms with Crippen molar-refractivity contribution < 1.29 is 18.7 Å². The number of rotatable bonds is 4. The first-order valence-corrected chi connectivity index (χ1v) is 7.42. The summed E-state index contributed by atoms with van der Waals surface area (Å²) < 4.78 is 18.7. The summed E-state index contributed by atoms with van der Waals surface area (Å²) in [5.41, 5.74) is 4.55. The minimum Gasteiger partial charge on any atom is -0.381 e. The third kappa shape index (κ3) is 3.51. The lowest BCUT2D eigenvalue weighted by atomic mass is 9.79. The molecular weight excluding hydrogens is 334 g/mol. The van der Waals surface area contributed by atoms with Gasteiger partial charge in [0.1, 0.15) is 5.82 Å². The summed E-state index contributed by atoms with van der Waals surface area (Å²) in [4.78, 5) is 23.9. The number of hydrogen-bond donors (Lipinski definition) is 2. The smallest absolute Gasteiger partial charge is 0.252 e. The first-order chi connectivity index (χ1) is 10.4. The van der Waals surface area contributed by atoms with Crippen LogP contribution in [0.4, 0.5) is 4.39 Å². The number of carbonyl (C=O) groups is 2. The van der Waals surface area contributed by atoms with Gasteiger partial charge in [0.25, 0.3) is 5.91 Å². The molecule has 1 aliphatic heterocycles. The van der Waals surface area contributed by atoms with E-state index >= 15 is 0 Å². The summed E-state index contributed by atoms with van der Waals surface area (Å²) in [6.45, 7) is 0.843. The van der Waals surface area contributed by atoms with E-state index < -0.39 is 23.0 Å². The summed E-state index contributed by atoms with van der Waals surface area (Å²) in [7, 11) is 0. The molecule has 22 heavy (non-hydrogen) atoms. The van der Waals surface area contributed by atoms with Crippen LogP contribution in [0.15, 0.2) is 12.1 Å². The van der Waals surface area contributed by atoms with E-state index in [2.05, 4.69) is 5.32 Å². The number of benzene rings is 1. The molecule has 1 aromatic rings. The van der Waals surface area contributed by atoms with Crippen molar-refractivity contribution in [3.63, 3.8) is 0 Å². The van der Waals surface area contributed by atoms with Gasteiger partial charge in [0.15, 0.2) is 0 Å². The number of halogens is 3. The van der Waals surface area contributed by atoms with E-state index in [4.69, 9.17) is 33.7 Å². The minimum atomic E-state index is -0.856. The van der Waals surface area contributed by atoms with E-state index in [1.54, 1.807) is 0 Å². The Morgan fingerprint density at radius 1 is 1.27 bits per heavy atom. The van der Waals surface area contributed by atoms with Crippen LogP contribution in [0.5, 0.6) is 0 Å². The fourth-order valence-corrected chi connectivity index (χ4v) is 2.78. The third-order valence-electron chi connectivity index (χ3n) is 3.81. The fourth-order valence-electron chi connectivity index (χ4n) is 2.31. The van der Waals surface area contributed by atoms with Crippen LogP contribution in [0.3, 0.4) is 0 Å². The van der Waals surface area contributed by atoms with Crippen LogP contribution in [-0.4, -0.2) is 31.6 Å². The lowest BCUT2D eigenvalue weighted by Gasteiger charge is -2.34. The zero-order valence-electron chi connectivity index (χ0n) is 11.6. The standard InChI is InChI=1S/C14H15Cl2FN2O3/c15-9-6-10(16)11(17)5-8(9)12(20)19-7-14(13(18)21)1-3-22-4-2-14/h5-6H,1-4,7H2,(H2,18,21)(H,19,20). The van der Waals surface area contributed by atoms with Crippen LogP contribution in [0, 0.1) is 11.2 Å². The Bertz CT molecular complexity index is 604. The van der Waals surface area contributed by atoms with Crippen molar-refractivity contribution >= 4 is 35.0 Å². The Labute approximate surface area is 136 Å². The number of ether oxygens (including phenoxy) is 1. The maximum Gasteiger partial charge on any atom is 0.252 e. The molecule has 1 aromatic carbocycles. The second-order valence-corrected chi connectivity index (χ2v) is 6.00. The van der Waals surface area contributed by atoms with Gasteiger partial charge in [0.05, 0.1) is 21.0 Å². The lowest BCUT2D eigenvalue weighted by molar-refractivity contribution is -0.132. The second kappa shape index (κ2) is 6.81. The van der Waals surface area contributed by atoms with Gasteiger partial charge < -0.3 is 15.8 Å². The topological polar surface area (TPSA) is 81.4 Å². The number of nitrogens with one attached hydrogen (secondary N) is 1. The number of carbonyl (C=O) groups excluding carboxylic acids is 2. The molecule has 0 unspecified atom stereocenters. The van der Waals surface area contributed by atoms with Gasteiger partial charge in [-0.2, -0.15) is 0 Å². The SMILES string of the molecule is NC(=O)C1(CNC(=O)c2cc(F)c(Cl)cc2Cl)CCOCC1. The number of nitrogens with two attached hydrogens (primary N) is 1. The fraction of sp³-hybridized carbons (Fsp3) is 0.429. The molecule has 1 aliphatic rings. The van der Waals surface area contributed by atoms with Crippen molar-refractivity contribution in [3.05, 3.63) is 33.6 Å². The van der Waals surface area contributed by atoms with Crippen molar-refractivity contribution in [2.24, 2.45) is 11.1 Å². The van der Waals surface area contributed by atoms with Crippen molar-refractivity contribution in [1.82, 2.24) is 5.32 Å². The number of primary amides is 1. The van der Waals surface area contributed by atoms with E-state index in [1.807, 2.05) is 0 Å². The van der Waals surface area contributed by atoms with Gasteiger partial charge in [-0.1, -0.05) is 23.2 Å². The van der Waals surface area contributed by atoms with E-state index in [1.165, 1.54) is 0 Å². The zero-order valence-corrected chi connectivity index (χ0v) is 13.1. The predicted molar refractivity (Wildman–Crippen MR) is 80.4 cm³/mol. The highest BCUT2D eigenvalue weighted by Crippen LogP contribution is 2.30. The van der Waals surface area contributed by atoms with Gasteiger partial charge in [0.2, 0.25) is 5.91 Å². The highest BCUT2D eigenvalue weighted by atomic mass is 35.5. The molecule has 0 radical (unpaired) electrons. The molecule has 2 amide bonds. The van der Waals surface area contributed by atoms with Gasteiger partial charge in [0, 0.05) is 19.8 Å². The molecule has 3 N–H and O–H groups in total. The quantitative estimate of drug-likeness (QED) is 0.818. The molecule has 120 valence electrons. The maximum atomic E-state index is 13.5.